The molecule has 7 atom stereocenters. The number of piperidine rings is 1. The number of carbonyl (C=O) groups is 1. The number of hydrogen-bond acceptors (Lipinski definition) is 1. The Morgan fingerprint density at radius 3 is 2.60 bits per heavy atom. The lowest BCUT2D eigenvalue weighted by Crippen LogP contribution is -2.62. The quantitative estimate of drug-likeness (QED) is 0.482. The zero-order valence-electron chi connectivity index (χ0n) is 19.0. The van der Waals surface area contributed by atoms with Crippen LogP contribution in [0, 0.1) is 34.5 Å². The number of amides is 1. The van der Waals surface area contributed by atoms with Crippen LogP contribution in [0.1, 0.15) is 71.3 Å². The maximum absolute atomic E-state index is 12.4. The van der Waals surface area contributed by atoms with Crippen LogP contribution in [0.3, 0.4) is 0 Å². The SMILES string of the molecule is CC1CC2N(C)C(=O)CC[C@]2(C)[C@@H]2CC[C@]3(C)CC(=Cc4ccc(Cl)cc4)C[C@H]3[C@H]12. The summed E-state index contributed by atoms with van der Waals surface area (Å²) in [6.45, 7) is 7.57. The Morgan fingerprint density at radius 2 is 1.87 bits per heavy atom. The van der Waals surface area contributed by atoms with Crippen LogP contribution >= 0.6 is 11.6 Å². The molecule has 162 valence electrons. The number of nitrogens with zero attached hydrogens (tertiary/aromatic N) is 1. The first kappa shape index (κ1) is 20.6. The van der Waals surface area contributed by atoms with Crippen LogP contribution in [-0.2, 0) is 4.79 Å². The highest BCUT2D eigenvalue weighted by molar-refractivity contribution is 6.30. The molecule has 1 heterocycles. The Hall–Kier alpha value is -1.28. The molecule has 0 radical (unpaired) electrons. The first-order valence-electron chi connectivity index (χ1n) is 11.9. The molecule has 2 nitrogen and oxygen atoms in total. The first-order chi connectivity index (χ1) is 14.2. The van der Waals surface area contributed by atoms with Crippen LogP contribution in [0.25, 0.3) is 6.08 Å². The van der Waals surface area contributed by atoms with Crippen molar-refractivity contribution in [1.29, 1.82) is 0 Å². The van der Waals surface area contributed by atoms with Gasteiger partial charge in [0.2, 0.25) is 5.91 Å². The van der Waals surface area contributed by atoms with Gasteiger partial charge in [0.15, 0.2) is 0 Å². The number of halogens is 1. The Bertz CT molecular complexity index is 875. The minimum Gasteiger partial charge on any atom is -0.342 e. The molecule has 5 rings (SSSR count). The summed E-state index contributed by atoms with van der Waals surface area (Å²) < 4.78 is 0. The first-order valence-corrected chi connectivity index (χ1v) is 12.3. The monoisotopic (exact) mass is 425 g/mol. The summed E-state index contributed by atoms with van der Waals surface area (Å²) in [5.41, 5.74) is 3.64. The fraction of sp³-hybridized carbons (Fsp3) is 0.667. The lowest BCUT2D eigenvalue weighted by molar-refractivity contribution is -0.164. The van der Waals surface area contributed by atoms with Crippen molar-refractivity contribution >= 4 is 23.6 Å². The number of fused-ring (bicyclic) bond motifs is 5. The number of allylic oxidation sites excluding steroid dienone is 1. The number of benzene rings is 1. The van der Waals surface area contributed by atoms with Crippen LogP contribution in [0.5, 0.6) is 0 Å². The zero-order valence-corrected chi connectivity index (χ0v) is 19.7. The average Bonchev–Trinajstić information content (AvgIpc) is 3.04. The normalized spacial score (nSPS) is 44.6. The van der Waals surface area contributed by atoms with Gasteiger partial charge in [-0.05, 0) is 90.7 Å². The lowest BCUT2D eigenvalue weighted by atomic mass is 9.45. The smallest absolute Gasteiger partial charge is 0.222 e. The van der Waals surface area contributed by atoms with Crippen molar-refractivity contribution in [2.24, 2.45) is 34.5 Å². The van der Waals surface area contributed by atoms with E-state index in [0.717, 1.165) is 35.6 Å². The van der Waals surface area contributed by atoms with Crippen LogP contribution in [0.15, 0.2) is 29.8 Å². The third-order valence-electron chi connectivity index (χ3n) is 9.80. The highest BCUT2D eigenvalue weighted by atomic mass is 35.5. The van der Waals surface area contributed by atoms with E-state index in [1.807, 2.05) is 12.1 Å². The Morgan fingerprint density at radius 1 is 1.13 bits per heavy atom. The predicted octanol–water partition coefficient (Wildman–Crippen LogP) is 6.83. The van der Waals surface area contributed by atoms with E-state index >= 15 is 0 Å². The number of hydrogen-bond donors (Lipinski definition) is 0. The summed E-state index contributed by atoms with van der Waals surface area (Å²) in [7, 11) is 2.06. The molecule has 0 N–H and O–H groups in total. The molecule has 2 unspecified atom stereocenters. The Labute approximate surface area is 187 Å². The van der Waals surface area contributed by atoms with Crippen molar-refractivity contribution in [1.82, 2.24) is 4.90 Å². The molecule has 30 heavy (non-hydrogen) atoms. The van der Waals surface area contributed by atoms with Gasteiger partial charge in [-0.25, -0.2) is 0 Å². The number of likely N-dealkylation sites (tertiary alicyclic amines) is 1. The van der Waals surface area contributed by atoms with Crippen LogP contribution in [0.2, 0.25) is 5.02 Å². The average molecular weight is 426 g/mol. The van der Waals surface area contributed by atoms with Crippen molar-refractivity contribution in [2.45, 2.75) is 71.8 Å². The molecule has 3 saturated carbocycles. The van der Waals surface area contributed by atoms with E-state index in [1.54, 1.807) is 5.57 Å². The van der Waals surface area contributed by atoms with Gasteiger partial charge in [-0.15, -0.1) is 0 Å². The maximum atomic E-state index is 12.4. The van der Waals surface area contributed by atoms with E-state index in [9.17, 15) is 4.79 Å². The summed E-state index contributed by atoms with van der Waals surface area (Å²) in [6, 6.07) is 8.72. The van der Waals surface area contributed by atoms with Crippen molar-refractivity contribution in [3.05, 3.63) is 40.4 Å². The molecule has 1 aromatic rings. The zero-order chi connectivity index (χ0) is 21.3. The second-order valence-electron chi connectivity index (χ2n) is 11.5. The molecule has 4 fully saturated rings. The molecular weight excluding hydrogens is 390 g/mol. The molecule has 0 aromatic heterocycles. The summed E-state index contributed by atoms with van der Waals surface area (Å²) in [6.07, 6.45) is 10.6. The summed E-state index contributed by atoms with van der Waals surface area (Å²) in [5.74, 6) is 3.39. The van der Waals surface area contributed by atoms with E-state index in [1.165, 1.54) is 37.7 Å². The Kier molecular flexibility index (Phi) is 4.89. The molecular formula is C27H36ClNO. The van der Waals surface area contributed by atoms with E-state index in [-0.39, 0.29) is 0 Å². The van der Waals surface area contributed by atoms with Gasteiger partial charge in [0.1, 0.15) is 0 Å². The second kappa shape index (κ2) is 7.12. The van der Waals surface area contributed by atoms with Gasteiger partial charge in [0, 0.05) is 24.5 Å². The third kappa shape index (κ3) is 3.08. The number of rotatable bonds is 1. The molecule has 4 aliphatic rings. The Balaban J connectivity index is 1.45. The van der Waals surface area contributed by atoms with E-state index in [4.69, 9.17) is 11.6 Å². The molecule has 1 aromatic carbocycles. The topological polar surface area (TPSA) is 20.3 Å². The molecule has 1 aliphatic heterocycles. The van der Waals surface area contributed by atoms with Crippen LogP contribution in [-0.4, -0.2) is 23.9 Å². The van der Waals surface area contributed by atoms with Gasteiger partial charge < -0.3 is 4.90 Å². The van der Waals surface area contributed by atoms with E-state index in [2.05, 4.69) is 50.9 Å². The fourth-order valence-corrected chi connectivity index (χ4v) is 8.38. The highest BCUT2D eigenvalue weighted by Gasteiger charge is 2.61. The minimum absolute atomic E-state index is 0.295. The van der Waals surface area contributed by atoms with Gasteiger partial charge in [0.05, 0.1) is 0 Å². The number of carbonyl (C=O) groups excluding carboxylic acids is 1. The van der Waals surface area contributed by atoms with Gasteiger partial charge >= 0.3 is 0 Å². The van der Waals surface area contributed by atoms with Crippen molar-refractivity contribution in [3.8, 4) is 0 Å². The van der Waals surface area contributed by atoms with Gasteiger partial charge in [-0.1, -0.05) is 56.2 Å². The van der Waals surface area contributed by atoms with Crippen molar-refractivity contribution in [3.63, 3.8) is 0 Å². The molecule has 0 bridgehead atoms. The summed E-state index contributed by atoms with van der Waals surface area (Å²) >= 11 is 6.09. The third-order valence-corrected chi connectivity index (χ3v) is 10.1. The molecule has 1 amide bonds. The van der Waals surface area contributed by atoms with Gasteiger partial charge in [-0.2, -0.15) is 0 Å². The van der Waals surface area contributed by atoms with Crippen molar-refractivity contribution < 1.29 is 4.79 Å². The van der Waals surface area contributed by atoms with Crippen LogP contribution in [0.4, 0.5) is 0 Å². The second-order valence-corrected chi connectivity index (χ2v) is 11.9. The highest BCUT2D eigenvalue weighted by Crippen LogP contribution is 2.66. The van der Waals surface area contributed by atoms with E-state index < -0.39 is 0 Å². The van der Waals surface area contributed by atoms with Crippen LogP contribution < -0.4 is 0 Å². The lowest BCUT2D eigenvalue weighted by Gasteiger charge is -2.63. The minimum atomic E-state index is 0.295. The van der Waals surface area contributed by atoms with Gasteiger partial charge in [0.25, 0.3) is 0 Å². The molecule has 1 saturated heterocycles. The molecule has 3 aliphatic carbocycles. The largest absolute Gasteiger partial charge is 0.342 e. The van der Waals surface area contributed by atoms with Gasteiger partial charge in [-0.3, -0.25) is 4.79 Å². The van der Waals surface area contributed by atoms with Crippen molar-refractivity contribution in [2.75, 3.05) is 7.05 Å². The summed E-state index contributed by atoms with van der Waals surface area (Å²) in [5, 5.41) is 0.807. The fourth-order valence-electron chi connectivity index (χ4n) is 8.26. The molecule has 3 heteroatoms. The predicted molar refractivity (Wildman–Crippen MR) is 124 cm³/mol. The maximum Gasteiger partial charge on any atom is 0.222 e. The van der Waals surface area contributed by atoms with E-state index in [0.29, 0.717) is 28.7 Å². The molecule has 0 spiro atoms. The standard InChI is InChI=1S/C27H36ClNO/c1-17-13-23-27(3,12-10-24(30)29(23)4)21-9-11-26(2)16-19(15-22(26)25(17)21)14-18-5-7-20(28)8-6-18/h5-8,14,17,21-23,25H,9-13,15-16H2,1-4H3/t17?,21-,22+,23?,25-,26-,27-/m1/s1. The summed E-state index contributed by atoms with van der Waals surface area (Å²) in [4.78, 5) is 14.6.